The summed E-state index contributed by atoms with van der Waals surface area (Å²) in [6.45, 7) is 5.25. The van der Waals surface area contributed by atoms with E-state index < -0.39 is 17.8 Å². The molecule has 0 saturated carbocycles. The number of aromatic nitrogens is 5. The van der Waals surface area contributed by atoms with Crippen molar-refractivity contribution in [2.45, 2.75) is 26.9 Å². The Bertz CT molecular complexity index is 1320. The average Bonchev–Trinajstić information content (AvgIpc) is 3.29. The van der Waals surface area contributed by atoms with Gasteiger partial charge in [0.2, 0.25) is 0 Å². The van der Waals surface area contributed by atoms with Crippen molar-refractivity contribution in [1.29, 1.82) is 0 Å². The van der Waals surface area contributed by atoms with Crippen molar-refractivity contribution in [3.63, 3.8) is 0 Å². The number of alkyl halides is 3. The molecule has 0 amide bonds. The Morgan fingerprint density at radius 1 is 1.19 bits per heavy atom. The lowest BCUT2D eigenvalue weighted by Crippen LogP contribution is -2.13. The molecule has 0 aliphatic carbocycles. The molecule has 0 aliphatic heterocycles. The quantitative estimate of drug-likeness (QED) is 0.478. The number of carbonyl (C=O) groups is 1. The number of hydrogen-bond donors (Lipinski definition) is 1. The van der Waals surface area contributed by atoms with Crippen molar-refractivity contribution in [2.75, 3.05) is 12.3 Å². The Kier molecular flexibility index (Phi) is 5.11. The van der Waals surface area contributed by atoms with Crippen LogP contribution >= 0.6 is 0 Å². The molecule has 32 heavy (non-hydrogen) atoms. The first kappa shape index (κ1) is 21.3. The molecule has 4 aromatic rings. The number of carbonyl (C=O) groups excluding carboxylic acids is 1. The summed E-state index contributed by atoms with van der Waals surface area (Å²) in [7, 11) is 0. The topological polar surface area (TPSA) is 100 Å². The number of ether oxygens (including phenoxy) is 1. The number of fused-ring (bicyclic) bond motifs is 1. The first-order valence-electron chi connectivity index (χ1n) is 9.67. The fourth-order valence-corrected chi connectivity index (χ4v) is 3.36. The number of halogens is 3. The predicted molar refractivity (Wildman–Crippen MR) is 110 cm³/mol. The number of rotatable bonds is 4. The van der Waals surface area contributed by atoms with Crippen LogP contribution in [0.4, 0.5) is 19.0 Å². The minimum absolute atomic E-state index is 0.00331. The maximum atomic E-state index is 13.9. The monoisotopic (exact) mass is 444 g/mol. The third-order valence-corrected chi connectivity index (χ3v) is 4.83. The molecule has 0 aliphatic rings. The number of nitrogen functional groups attached to an aromatic ring is 1. The van der Waals surface area contributed by atoms with Crippen LogP contribution in [0.3, 0.4) is 0 Å². The molecule has 4 rings (SSSR count). The van der Waals surface area contributed by atoms with Crippen LogP contribution in [0, 0.1) is 13.8 Å². The van der Waals surface area contributed by atoms with Gasteiger partial charge < -0.3 is 10.5 Å². The molecule has 3 aromatic heterocycles. The zero-order chi connectivity index (χ0) is 23.2. The van der Waals surface area contributed by atoms with Gasteiger partial charge in [-0.25, -0.2) is 9.78 Å². The number of aryl methyl sites for hydroxylation is 2. The molecule has 11 heteroatoms. The molecule has 0 atom stereocenters. The molecule has 2 N–H and O–H groups in total. The van der Waals surface area contributed by atoms with E-state index in [1.807, 2.05) is 6.92 Å². The summed E-state index contributed by atoms with van der Waals surface area (Å²) in [5.41, 5.74) is 6.47. The number of hydrogen-bond acceptors (Lipinski definition) is 6. The highest BCUT2D eigenvalue weighted by Crippen LogP contribution is 2.39. The van der Waals surface area contributed by atoms with E-state index in [1.54, 1.807) is 38.1 Å². The van der Waals surface area contributed by atoms with Crippen LogP contribution in [0.2, 0.25) is 0 Å². The number of anilines is 1. The summed E-state index contributed by atoms with van der Waals surface area (Å²) < 4.78 is 49.0. The number of nitrogens with two attached hydrogens (primary N) is 1. The molecule has 3 heterocycles. The Morgan fingerprint density at radius 3 is 2.50 bits per heavy atom. The van der Waals surface area contributed by atoms with Crippen LogP contribution < -0.4 is 5.73 Å². The van der Waals surface area contributed by atoms with Gasteiger partial charge in [0.05, 0.1) is 18.4 Å². The van der Waals surface area contributed by atoms with Crippen LogP contribution in [-0.4, -0.2) is 37.0 Å². The van der Waals surface area contributed by atoms with Crippen LogP contribution in [0.25, 0.3) is 22.6 Å². The van der Waals surface area contributed by atoms with Crippen molar-refractivity contribution in [3.05, 3.63) is 59.0 Å². The summed E-state index contributed by atoms with van der Waals surface area (Å²) in [6, 6.07) is 8.09. The van der Waals surface area contributed by atoms with Gasteiger partial charge in [0, 0.05) is 11.8 Å². The molecule has 8 nitrogen and oxygen atoms in total. The second-order valence-corrected chi connectivity index (χ2v) is 7.15. The Morgan fingerprint density at radius 2 is 1.88 bits per heavy atom. The molecule has 0 fully saturated rings. The Labute approximate surface area is 180 Å². The highest BCUT2D eigenvalue weighted by molar-refractivity contribution is 5.94. The fourth-order valence-electron chi connectivity index (χ4n) is 3.36. The van der Waals surface area contributed by atoms with Gasteiger partial charge in [0.1, 0.15) is 11.4 Å². The first-order valence-corrected chi connectivity index (χ1v) is 9.67. The minimum atomic E-state index is -4.73. The van der Waals surface area contributed by atoms with E-state index in [9.17, 15) is 18.0 Å². The molecular formula is C21H19F3N6O2. The van der Waals surface area contributed by atoms with E-state index in [4.69, 9.17) is 10.5 Å². The summed E-state index contributed by atoms with van der Waals surface area (Å²) in [6.07, 6.45) is -3.53. The lowest BCUT2D eigenvalue weighted by molar-refractivity contribution is -0.140. The maximum absolute atomic E-state index is 13.9. The van der Waals surface area contributed by atoms with Crippen LogP contribution in [0.5, 0.6) is 0 Å². The zero-order valence-electron chi connectivity index (χ0n) is 17.4. The van der Waals surface area contributed by atoms with Crippen LogP contribution in [-0.2, 0) is 10.9 Å². The van der Waals surface area contributed by atoms with Gasteiger partial charge in [-0.15, -0.1) is 0 Å². The SMILES string of the molecule is CCOC(=O)c1cnn(-c2cc(C)nc3c(-c4ccc(C)cc4)c(C(F)(F)F)nn23)c1N. The third-order valence-electron chi connectivity index (χ3n) is 4.83. The van der Waals surface area contributed by atoms with Crippen LogP contribution in [0.1, 0.15) is 34.2 Å². The molecule has 166 valence electrons. The van der Waals surface area contributed by atoms with Gasteiger partial charge in [-0.3, -0.25) is 0 Å². The lowest BCUT2D eigenvalue weighted by atomic mass is 10.0. The van der Waals surface area contributed by atoms with Crippen LogP contribution in [0.15, 0.2) is 36.5 Å². The van der Waals surface area contributed by atoms with E-state index in [0.29, 0.717) is 11.3 Å². The maximum Gasteiger partial charge on any atom is 0.435 e. The lowest BCUT2D eigenvalue weighted by Gasteiger charge is -2.09. The van der Waals surface area contributed by atoms with Gasteiger partial charge in [-0.2, -0.15) is 32.6 Å². The molecule has 0 bridgehead atoms. The van der Waals surface area contributed by atoms with Crippen molar-refractivity contribution in [1.82, 2.24) is 24.4 Å². The van der Waals surface area contributed by atoms with Crippen molar-refractivity contribution in [2.24, 2.45) is 0 Å². The minimum Gasteiger partial charge on any atom is -0.462 e. The van der Waals surface area contributed by atoms with Gasteiger partial charge in [-0.05, 0) is 26.3 Å². The van der Waals surface area contributed by atoms with E-state index in [-0.39, 0.29) is 35.0 Å². The Hall–Kier alpha value is -3.89. The summed E-state index contributed by atoms with van der Waals surface area (Å²) in [4.78, 5) is 16.4. The summed E-state index contributed by atoms with van der Waals surface area (Å²) in [5, 5.41) is 7.92. The average molecular weight is 444 g/mol. The second kappa shape index (κ2) is 7.66. The second-order valence-electron chi connectivity index (χ2n) is 7.15. The highest BCUT2D eigenvalue weighted by atomic mass is 19.4. The summed E-state index contributed by atoms with van der Waals surface area (Å²) in [5.74, 6) is -0.671. The largest absolute Gasteiger partial charge is 0.462 e. The first-order chi connectivity index (χ1) is 15.1. The van der Waals surface area contributed by atoms with E-state index in [2.05, 4.69) is 15.2 Å². The molecular weight excluding hydrogens is 425 g/mol. The number of esters is 1. The van der Waals surface area contributed by atoms with Gasteiger partial charge in [0.15, 0.2) is 17.2 Å². The third kappa shape index (κ3) is 3.55. The highest BCUT2D eigenvalue weighted by Gasteiger charge is 2.39. The summed E-state index contributed by atoms with van der Waals surface area (Å²) >= 11 is 0. The molecule has 1 aromatic carbocycles. The van der Waals surface area contributed by atoms with Crippen molar-refractivity contribution in [3.8, 4) is 16.9 Å². The van der Waals surface area contributed by atoms with E-state index in [1.165, 1.54) is 12.3 Å². The van der Waals surface area contributed by atoms with Gasteiger partial charge in [0.25, 0.3) is 0 Å². The molecule has 0 spiro atoms. The smallest absolute Gasteiger partial charge is 0.435 e. The van der Waals surface area contributed by atoms with Gasteiger partial charge in [-0.1, -0.05) is 29.8 Å². The Balaban J connectivity index is 2.01. The number of nitrogens with zero attached hydrogens (tertiary/aromatic N) is 5. The standard InChI is InChI=1S/C21H19F3N6O2/c1-4-32-20(31)14-10-26-29(18(14)25)15-9-12(3)27-19-16(13-7-5-11(2)6-8-13)17(21(22,23)24)28-30(15)19/h5-10H,4,25H2,1-3H3. The predicted octanol–water partition coefficient (Wildman–Crippen LogP) is 3.98. The fraction of sp³-hybridized carbons (Fsp3) is 0.238. The molecule has 0 saturated heterocycles. The van der Waals surface area contributed by atoms with Gasteiger partial charge >= 0.3 is 12.1 Å². The molecule has 0 radical (unpaired) electrons. The number of benzene rings is 1. The zero-order valence-corrected chi connectivity index (χ0v) is 17.4. The molecule has 0 unspecified atom stereocenters. The van der Waals surface area contributed by atoms with Crippen molar-refractivity contribution >= 4 is 17.4 Å². The van der Waals surface area contributed by atoms with Crippen molar-refractivity contribution < 1.29 is 22.7 Å². The normalized spacial score (nSPS) is 11.8. The van der Waals surface area contributed by atoms with E-state index in [0.717, 1.165) is 14.8 Å². The van der Waals surface area contributed by atoms with E-state index >= 15 is 0 Å².